The summed E-state index contributed by atoms with van der Waals surface area (Å²) in [4.78, 5) is 0. The summed E-state index contributed by atoms with van der Waals surface area (Å²) in [6, 6.07) is 5.47. The quantitative estimate of drug-likeness (QED) is 0.789. The third-order valence-electron chi connectivity index (χ3n) is 2.02. The van der Waals surface area contributed by atoms with Crippen molar-refractivity contribution in [2.75, 3.05) is 20.3 Å². The minimum Gasteiger partial charge on any atom is -0.489 e. The van der Waals surface area contributed by atoms with Crippen LogP contribution >= 0.6 is 11.6 Å². The van der Waals surface area contributed by atoms with Crippen molar-refractivity contribution in [3.63, 3.8) is 0 Å². The molecule has 0 aliphatic heterocycles. The number of methoxy groups -OCH3 is 1. The first kappa shape index (κ1) is 12.3. The van der Waals surface area contributed by atoms with Crippen molar-refractivity contribution in [3.8, 4) is 5.75 Å². The lowest BCUT2D eigenvalue weighted by molar-refractivity contribution is 0.145. The highest BCUT2D eigenvalue weighted by Crippen LogP contribution is 2.31. The van der Waals surface area contributed by atoms with Gasteiger partial charge in [0.05, 0.1) is 11.6 Å². The molecule has 0 spiro atoms. The molecule has 0 radical (unpaired) electrons. The number of rotatable bonds is 5. The zero-order valence-corrected chi connectivity index (χ0v) is 9.75. The smallest absolute Gasteiger partial charge is 0.142 e. The van der Waals surface area contributed by atoms with E-state index in [0.717, 1.165) is 5.56 Å². The molecule has 1 unspecified atom stereocenters. The molecule has 4 heteroatoms. The molecule has 0 saturated carbocycles. The first-order valence-electron chi connectivity index (χ1n) is 4.82. The second-order valence-electron chi connectivity index (χ2n) is 3.29. The van der Waals surface area contributed by atoms with E-state index in [0.29, 0.717) is 24.0 Å². The Balaban J connectivity index is 2.82. The molecule has 0 bridgehead atoms. The summed E-state index contributed by atoms with van der Waals surface area (Å²) in [5.74, 6) is 0.659. The molecule has 0 heterocycles. The van der Waals surface area contributed by atoms with Gasteiger partial charge in [0.2, 0.25) is 0 Å². The molecule has 0 saturated heterocycles. The number of halogens is 1. The zero-order chi connectivity index (χ0) is 11.3. The Kier molecular flexibility index (Phi) is 4.88. The van der Waals surface area contributed by atoms with Gasteiger partial charge in [0.15, 0.2) is 0 Å². The molecule has 15 heavy (non-hydrogen) atoms. The molecule has 1 aromatic carbocycles. The Bertz CT molecular complexity index is 315. The van der Waals surface area contributed by atoms with E-state index in [-0.39, 0.29) is 6.04 Å². The SMILES string of the molecule is COCCOc1c(Cl)cccc1C(C)N. The molecule has 0 aromatic heterocycles. The highest BCUT2D eigenvalue weighted by atomic mass is 35.5. The molecule has 1 rings (SSSR count). The summed E-state index contributed by atoms with van der Waals surface area (Å²) in [5, 5.41) is 0.584. The minimum atomic E-state index is -0.0961. The lowest BCUT2D eigenvalue weighted by atomic mass is 10.1. The highest BCUT2D eigenvalue weighted by Gasteiger charge is 2.11. The fraction of sp³-hybridized carbons (Fsp3) is 0.455. The van der Waals surface area contributed by atoms with Crippen molar-refractivity contribution >= 4 is 11.6 Å². The normalized spacial score (nSPS) is 12.5. The van der Waals surface area contributed by atoms with Crippen molar-refractivity contribution < 1.29 is 9.47 Å². The summed E-state index contributed by atoms with van der Waals surface area (Å²) in [5.41, 5.74) is 6.73. The lowest BCUT2D eigenvalue weighted by Gasteiger charge is -2.15. The summed E-state index contributed by atoms with van der Waals surface area (Å²) < 4.78 is 10.4. The van der Waals surface area contributed by atoms with Crippen molar-refractivity contribution in [1.29, 1.82) is 0 Å². The number of benzene rings is 1. The second kappa shape index (κ2) is 5.95. The molecule has 0 aliphatic carbocycles. The van der Waals surface area contributed by atoms with Crippen molar-refractivity contribution in [1.82, 2.24) is 0 Å². The molecule has 84 valence electrons. The van der Waals surface area contributed by atoms with E-state index in [4.69, 9.17) is 26.8 Å². The molecule has 2 N–H and O–H groups in total. The van der Waals surface area contributed by atoms with Gasteiger partial charge in [0.25, 0.3) is 0 Å². The van der Waals surface area contributed by atoms with Gasteiger partial charge in [0, 0.05) is 18.7 Å². The van der Waals surface area contributed by atoms with Gasteiger partial charge in [0.1, 0.15) is 12.4 Å². The monoisotopic (exact) mass is 229 g/mol. The average Bonchev–Trinajstić information content (AvgIpc) is 2.20. The summed E-state index contributed by atoms with van der Waals surface area (Å²) >= 11 is 6.03. The summed E-state index contributed by atoms with van der Waals surface area (Å²) in [6.45, 7) is 2.90. The largest absolute Gasteiger partial charge is 0.489 e. The minimum absolute atomic E-state index is 0.0961. The van der Waals surface area contributed by atoms with Crippen LogP contribution in [0.3, 0.4) is 0 Å². The molecular weight excluding hydrogens is 214 g/mol. The van der Waals surface area contributed by atoms with Gasteiger partial charge in [-0.05, 0) is 13.0 Å². The number of para-hydroxylation sites is 1. The van der Waals surface area contributed by atoms with E-state index in [1.54, 1.807) is 13.2 Å². The molecule has 0 fully saturated rings. The number of hydrogen-bond acceptors (Lipinski definition) is 3. The van der Waals surface area contributed by atoms with Crippen LogP contribution in [0.25, 0.3) is 0 Å². The van der Waals surface area contributed by atoms with Gasteiger partial charge in [-0.15, -0.1) is 0 Å². The van der Waals surface area contributed by atoms with Crippen LogP contribution < -0.4 is 10.5 Å². The fourth-order valence-electron chi connectivity index (χ4n) is 1.26. The molecule has 1 atom stereocenters. The number of nitrogens with two attached hydrogens (primary N) is 1. The van der Waals surface area contributed by atoms with Gasteiger partial charge in [-0.3, -0.25) is 0 Å². The fourth-order valence-corrected chi connectivity index (χ4v) is 1.50. The average molecular weight is 230 g/mol. The predicted octanol–water partition coefficient (Wildman–Crippen LogP) is 2.38. The number of ether oxygens (including phenoxy) is 2. The summed E-state index contributed by atoms with van der Waals surface area (Å²) in [7, 11) is 1.63. The van der Waals surface area contributed by atoms with Crippen molar-refractivity contribution in [3.05, 3.63) is 28.8 Å². The maximum Gasteiger partial charge on any atom is 0.142 e. The molecule has 1 aromatic rings. The van der Waals surface area contributed by atoms with Crippen LogP contribution in [0.4, 0.5) is 0 Å². The Hall–Kier alpha value is -0.770. The van der Waals surface area contributed by atoms with Crippen LogP contribution in [0.1, 0.15) is 18.5 Å². The van der Waals surface area contributed by atoms with E-state index in [2.05, 4.69) is 0 Å². The predicted molar refractivity (Wildman–Crippen MR) is 61.4 cm³/mol. The van der Waals surface area contributed by atoms with Crippen LogP contribution in [-0.2, 0) is 4.74 Å². The van der Waals surface area contributed by atoms with E-state index < -0.39 is 0 Å². The third-order valence-corrected chi connectivity index (χ3v) is 2.32. The number of hydrogen-bond donors (Lipinski definition) is 1. The third kappa shape index (κ3) is 3.38. The van der Waals surface area contributed by atoms with E-state index >= 15 is 0 Å². The van der Waals surface area contributed by atoms with Crippen molar-refractivity contribution in [2.45, 2.75) is 13.0 Å². The van der Waals surface area contributed by atoms with Gasteiger partial charge in [-0.1, -0.05) is 23.7 Å². The first-order chi connectivity index (χ1) is 7.16. The van der Waals surface area contributed by atoms with Gasteiger partial charge < -0.3 is 15.2 Å². The first-order valence-corrected chi connectivity index (χ1v) is 5.20. The molecule has 0 aliphatic rings. The Morgan fingerprint density at radius 1 is 1.40 bits per heavy atom. The molecular formula is C11H16ClNO2. The highest BCUT2D eigenvalue weighted by molar-refractivity contribution is 6.32. The van der Waals surface area contributed by atoms with Crippen LogP contribution in [0.5, 0.6) is 5.75 Å². The van der Waals surface area contributed by atoms with E-state index in [1.165, 1.54) is 0 Å². The Labute approximate surface area is 95.1 Å². The van der Waals surface area contributed by atoms with Crippen LogP contribution in [-0.4, -0.2) is 20.3 Å². The Morgan fingerprint density at radius 2 is 2.13 bits per heavy atom. The van der Waals surface area contributed by atoms with E-state index in [1.807, 2.05) is 19.1 Å². The maximum absolute atomic E-state index is 6.03. The topological polar surface area (TPSA) is 44.5 Å². The van der Waals surface area contributed by atoms with E-state index in [9.17, 15) is 0 Å². The van der Waals surface area contributed by atoms with Gasteiger partial charge in [-0.25, -0.2) is 0 Å². The molecule has 0 amide bonds. The second-order valence-corrected chi connectivity index (χ2v) is 3.70. The zero-order valence-electron chi connectivity index (χ0n) is 9.00. The Morgan fingerprint density at radius 3 is 2.73 bits per heavy atom. The van der Waals surface area contributed by atoms with Crippen LogP contribution in [0.15, 0.2) is 18.2 Å². The van der Waals surface area contributed by atoms with Gasteiger partial charge in [-0.2, -0.15) is 0 Å². The summed E-state index contributed by atoms with van der Waals surface area (Å²) in [6.07, 6.45) is 0. The maximum atomic E-state index is 6.03. The molecule has 3 nitrogen and oxygen atoms in total. The van der Waals surface area contributed by atoms with Crippen LogP contribution in [0.2, 0.25) is 5.02 Å². The van der Waals surface area contributed by atoms with Crippen molar-refractivity contribution in [2.24, 2.45) is 5.73 Å². The standard InChI is InChI=1S/C11H16ClNO2/c1-8(13)9-4-3-5-10(12)11(9)15-7-6-14-2/h3-5,8H,6-7,13H2,1-2H3. The van der Waals surface area contributed by atoms with Crippen LogP contribution in [0, 0.1) is 0 Å². The van der Waals surface area contributed by atoms with Gasteiger partial charge >= 0.3 is 0 Å². The lowest BCUT2D eigenvalue weighted by Crippen LogP contribution is -2.11.